The molecule has 0 spiro atoms. The molecular formula is C14H14BrCl2N3O. The Bertz CT molecular complexity index is 622. The van der Waals surface area contributed by atoms with Crippen molar-refractivity contribution in [2.75, 3.05) is 0 Å². The molecule has 0 amide bonds. The fourth-order valence-corrected chi connectivity index (χ4v) is 2.46. The Labute approximate surface area is 141 Å². The number of hydrogen-bond donors (Lipinski definition) is 1. The molecule has 1 atom stereocenters. The third kappa shape index (κ3) is 4.54. The van der Waals surface area contributed by atoms with Crippen molar-refractivity contribution in [3.63, 3.8) is 0 Å². The topological polar surface area (TPSA) is 61.0 Å². The smallest absolute Gasteiger partial charge is 0.321 e. The number of halogens is 3. The van der Waals surface area contributed by atoms with Crippen LogP contribution >= 0.6 is 39.1 Å². The molecule has 0 radical (unpaired) electrons. The molecular weight excluding hydrogens is 377 g/mol. The highest BCUT2D eigenvalue weighted by atomic mass is 79.9. The van der Waals surface area contributed by atoms with Crippen LogP contribution in [-0.2, 0) is 6.42 Å². The van der Waals surface area contributed by atoms with Gasteiger partial charge < -0.3 is 10.5 Å². The second kappa shape index (κ2) is 7.40. The molecule has 2 rings (SSSR count). The van der Waals surface area contributed by atoms with E-state index in [9.17, 15) is 0 Å². The van der Waals surface area contributed by atoms with Gasteiger partial charge in [-0.2, -0.15) is 0 Å². The monoisotopic (exact) mass is 389 g/mol. The minimum Gasteiger partial charge on any atom is -0.423 e. The molecule has 0 saturated heterocycles. The molecule has 21 heavy (non-hydrogen) atoms. The van der Waals surface area contributed by atoms with E-state index < -0.39 is 0 Å². The average Bonchev–Trinajstić information content (AvgIpc) is 2.46. The summed E-state index contributed by atoms with van der Waals surface area (Å²) >= 11 is 15.4. The third-order valence-corrected chi connectivity index (χ3v) is 4.37. The fourth-order valence-electron chi connectivity index (χ4n) is 1.63. The van der Waals surface area contributed by atoms with Crippen molar-refractivity contribution in [2.45, 2.75) is 25.8 Å². The molecule has 4 nitrogen and oxygen atoms in total. The first kappa shape index (κ1) is 16.5. The van der Waals surface area contributed by atoms with Gasteiger partial charge in [-0.3, -0.25) is 0 Å². The molecule has 7 heteroatoms. The van der Waals surface area contributed by atoms with Crippen LogP contribution in [0.1, 0.15) is 18.9 Å². The van der Waals surface area contributed by atoms with E-state index in [0.29, 0.717) is 20.3 Å². The van der Waals surface area contributed by atoms with Crippen molar-refractivity contribution in [3.8, 4) is 11.8 Å². The minimum atomic E-state index is 0.111. The second-order valence-electron chi connectivity index (χ2n) is 4.55. The Hall–Kier alpha value is -0.880. The molecule has 0 fully saturated rings. The van der Waals surface area contributed by atoms with E-state index in [-0.39, 0.29) is 12.1 Å². The zero-order valence-electron chi connectivity index (χ0n) is 11.3. The summed E-state index contributed by atoms with van der Waals surface area (Å²) in [7, 11) is 0. The number of hydrogen-bond acceptors (Lipinski definition) is 4. The highest BCUT2D eigenvalue weighted by molar-refractivity contribution is 9.10. The van der Waals surface area contributed by atoms with E-state index in [1.807, 2.05) is 6.92 Å². The molecule has 0 aliphatic carbocycles. The van der Waals surface area contributed by atoms with Crippen molar-refractivity contribution in [1.29, 1.82) is 0 Å². The summed E-state index contributed by atoms with van der Waals surface area (Å²) < 4.78 is 6.24. The number of nitrogens with two attached hydrogens (primary N) is 1. The van der Waals surface area contributed by atoms with E-state index in [4.69, 9.17) is 33.7 Å². The number of rotatable bonds is 5. The van der Waals surface area contributed by atoms with Crippen molar-refractivity contribution >= 4 is 39.1 Å². The van der Waals surface area contributed by atoms with Crippen molar-refractivity contribution < 1.29 is 4.74 Å². The van der Waals surface area contributed by atoms with Gasteiger partial charge in [-0.25, -0.2) is 9.97 Å². The van der Waals surface area contributed by atoms with Crippen LogP contribution in [0.2, 0.25) is 10.0 Å². The van der Waals surface area contributed by atoms with E-state index in [1.165, 1.54) is 0 Å². The minimum absolute atomic E-state index is 0.111. The highest BCUT2D eigenvalue weighted by Gasteiger charge is 2.10. The largest absolute Gasteiger partial charge is 0.423 e. The standard InChI is InChI=1S/C14H14BrCl2N3O/c1-2-9(18)3-8-6-19-14(20-7-8)21-13-5-11(16)10(15)4-12(13)17/h4-7,9H,2-3,18H2,1H3. The van der Waals surface area contributed by atoms with Crippen molar-refractivity contribution in [3.05, 3.63) is 44.6 Å². The zero-order chi connectivity index (χ0) is 15.4. The molecule has 0 bridgehead atoms. The number of ether oxygens (including phenoxy) is 1. The number of aromatic nitrogens is 2. The lowest BCUT2D eigenvalue weighted by molar-refractivity contribution is 0.440. The SMILES string of the molecule is CCC(N)Cc1cnc(Oc2cc(Cl)c(Br)cc2Cl)nc1. The van der Waals surface area contributed by atoms with Crippen LogP contribution < -0.4 is 10.5 Å². The number of nitrogens with zero attached hydrogens (tertiary/aromatic N) is 2. The predicted molar refractivity (Wildman–Crippen MR) is 88.2 cm³/mol. The van der Waals surface area contributed by atoms with Crippen LogP contribution in [0.5, 0.6) is 11.8 Å². The summed E-state index contributed by atoms with van der Waals surface area (Å²) in [6.45, 7) is 2.04. The van der Waals surface area contributed by atoms with Crippen LogP contribution in [0.25, 0.3) is 0 Å². The Balaban J connectivity index is 2.12. The second-order valence-corrected chi connectivity index (χ2v) is 6.21. The van der Waals surface area contributed by atoms with Gasteiger partial charge in [0.25, 0.3) is 0 Å². The molecule has 0 saturated carbocycles. The quantitative estimate of drug-likeness (QED) is 0.756. The van der Waals surface area contributed by atoms with E-state index >= 15 is 0 Å². The van der Waals surface area contributed by atoms with Crippen LogP contribution in [0, 0.1) is 0 Å². The molecule has 1 unspecified atom stereocenters. The summed E-state index contributed by atoms with van der Waals surface area (Å²) in [6, 6.07) is 3.59. The zero-order valence-corrected chi connectivity index (χ0v) is 14.4. The van der Waals surface area contributed by atoms with Gasteiger partial charge in [-0.15, -0.1) is 0 Å². The molecule has 1 aromatic carbocycles. The lowest BCUT2D eigenvalue weighted by Crippen LogP contribution is -2.21. The maximum Gasteiger partial charge on any atom is 0.321 e. The van der Waals surface area contributed by atoms with E-state index in [1.54, 1.807) is 24.5 Å². The maximum absolute atomic E-state index is 6.08. The van der Waals surface area contributed by atoms with Crippen molar-refractivity contribution in [1.82, 2.24) is 9.97 Å². The van der Waals surface area contributed by atoms with Gasteiger partial charge in [0.1, 0.15) is 0 Å². The molecule has 0 aliphatic heterocycles. The van der Waals surface area contributed by atoms with Crippen LogP contribution in [0.3, 0.4) is 0 Å². The van der Waals surface area contributed by atoms with Gasteiger partial charge in [0.05, 0.1) is 10.0 Å². The normalized spacial score (nSPS) is 12.2. The summed E-state index contributed by atoms with van der Waals surface area (Å²) in [5, 5.41) is 0.923. The molecule has 0 aliphatic rings. The van der Waals surface area contributed by atoms with Gasteiger partial charge in [-0.05, 0) is 40.4 Å². The molecule has 1 heterocycles. The van der Waals surface area contributed by atoms with E-state index in [0.717, 1.165) is 18.4 Å². The summed E-state index contributed by atoms with van der Waals surface area (Å²) in [5.41, 5.74) is 6.86. The van der Waals surface area contributed by atoms with Gasteiger partial charge in [-0.1, -0.05) is 30.1 Å². The Morgan fingerprint density at radius 1 is 1.24 bits per heavy atom. The van der Waals surface area contributed by atoms with Gasteiger partial charge in [0.15, 0.2) is 5.75 Å². The summed E-state index contributed by atoms with van der Waals surface area (Å²) in [5.74, 6) is 0.405. The van der Waals surface area contributed by atoms with Crippen molar-refractivity contribution in [2.24, 2.45) is 5.73 Å². The summed E-state index contributed by atoms with van der Waals surface area (Å²) in [6.07, 6.45) is 5.05. The first-order chi connectivity index (χ1) is 9.99. The average molecular weight is 391 g/mol. The van der Waals surface area contributed by atoms with Crippen LogP contribution in [0.15, 0.2) is 29.0 Å². The first-order valence-corrected chi connectivity index (χ1v) is 7.93. The fraction of sp³-hybridized carbons (Fsp3) is 0.286. The van der Waals surface area contributed by atoms with Gasteiger partial charge in [0.2, 0.25) is 0 Å². The van der Waals surface area contributed by atoms with Gasteiger partial charge in [0, 0.05) is 29.0 Å². The summed E-state index contributed by atoms with van der Waals surface area (Å²) in [4.78, 5) is 8.30. The van der Waals surface area contributed by atoms with Crippen LogP contribution in [-0.4, -0.2) is 16.0 Å². The van der Waals surface area contributed by atoms with E-state index in [2.05, 4.69) is 25.9 Å². The Morgan fingerprint density at radius 3 is 2.52 bits per heavy atom. The maximum atomic E-state index is 6.08. The lowest BCUT2D eigenvalue weighted by Gasteiger charge is -2.09. The lowest BCUT2D eigenvalue weighted by atomic mass is 10.1. The Morgan fingerprint density at radius 2 is 1.90 bits per heavy atom. The number of benzene rings is 1. The first-order valence-electron chi connectivity index (χ1n) is 6.38. The van der Waals surface area contributed by atoms with Gasteiger partial charge >= 0.3 is 6.01 Å². The highest BCUT2D eigenvalue weighted by Crippen LogP contribution is 2.35. The predicted octanol–water partition coefficient (Wildman–Crippen LogP) is 4.62. The third-order valence-electron chi connectivity index (χ3n) is 2.88. The molecule has 2 aromatic rings. The molecule has 2 N–H and O–H groups in total. The molecule has 1 aromatic heterocycles. The van der Waals surface area contributed by atoms with Crippen LogP contribution in [0.4, 0.5) is 0 Å². The Kier molecular flexibility index (Phi) is 5.81. The molecule has 112 valence electrons.